The van der Waals surface area contributed by atoms with Gasteiger partial charge in [-0.1, -0.05) is 48.5 Å². The van der Waals surface area contributed by atoms with E-state index in [0.29, 0.717) is 6.54 Å². The molecule has 0 spiro atoms. The molecule has 1 amide bonds. The monoisotopic (exact) mass is 430 g/mol. The summed E-state index contributed by atoms with van der Waals surface area (Å²) in [5.74, 6) is -0.504. The number of carbonyl (C=O) groups is 1. The van der Waals surface area contributed by atoms with Gasteiger partial charge in [0.25, 0.3) is 0 Å². The number of hydrogen-bond acceptors (Lipinski definition) is 5. The molecule has 2 aromatic rings. The van der Waals surface area contributed by atoms with E-state index in [1.165, 1.54) is 7.05 Å². The highest BCUT2D eigenvalue weighted by molar-refractivity contribution is 7.90. The maximum atomic E-state index is 13.6. The first-order chi connectivity index (χ1) is 14.3. The van der Waals surface area contributed by atoms with Crippen LogP contribution in [0.4, 0.5) is 5.69 Å². The van der Waals surface area contributed by atoms with Crippen LogP contribution >= 0.6 is 0 Å². The zero-order valence-corrected chi connectivity index (χ0v) is 18.3. The Labute approximate surface area is 178 Å². The van der Waals surface area contributed by atoms with E-state index >= 15 is 0 Å². The number of likely N-dealkylation sites (N-methyl/N-ethyl adjacent to an activating group) is 1. The number of para-hydroxylation sites is 1. The highest BCUT2D eigenvalue weighted by Gasteiger charge is 2.39. The Hall–Kier alpha value is -2.42. The quantitative estimate of drug-likeness (QED) is 0.626. The van der Waals surface area contributed by atoms with Crippen molar-refractivity contribution < 1.29 is 13.2 Å². The van der Waals surface area contributed by atoms with Gasteiger partial charge in [0.1, 0.15) is 0 Å². The van der Waals surface area contributed by atoms with Crippen molar-refractivity contribution in [3.63, 3.8) is 0 Å². The average Bonchev–Trinajstić information content (AvgIpc) is 3.27. The summed E-state index contributed by atoms with van der Waals surface area (Å²) in [6, 6.07) is 16.1. The molecule has 162 valence electrons. The number of hydrogen-bond donors (Lipinski definition) is 2. The summed E-state index contributed by atoms with van der Waals surface area (Å²) in [7, 11) is -0.971. The maximum Gasteiger partial charge on any atom is 0.247 e. The number of nitrogens with one attached hydrogen (secondary N) is 1. The summed E-state index contributed by atoms with van der Waals surface area (Å²) in [5.41, 5.74) is 7.60. The van der Waals surface area contributed by atoms with E-state index in [1.54, 1.807) is 36.2 Å². The number of anilines is 1. The zero-order valence-electron chi connectivity index (χ0n) is 17.5. The highest BCUT2D eigenvalue weighted by Crippen LogP contribution is 2.32. The van der Waals surface area contributed by atoms with Crippen molar-refractivity contribution >= 4 is 21.6 Å². The summed E-state index contributed by atoms with van der Waals surface area (Å²) in [6.07, 6.45) is 2.27. The third-order valence-corrected chi connectivity index (χ3v) is 7.37. The summed E-state index contributed by atoms with van der Waals surface area (Å²) in [5, 5.41) is -1.42. The first-order valence-electron chi connectivity index (χ1n) is 10.2. The van der Waals surface area contributed by atoms with Crippen molar-refractivity contribution in [2.24, 2.45) is 0 Å². The van der Waals surface area contributed by atoms with E-state index in [2.05, 4.69) is 9.62 Å². The van der Waals surface area contributed by atoms with Gasteiger partial charge in [0.2, 0.25) is 15.9 Å². The number of amides is 1. The van der Waals surface area contributed by atoms with Crippen LogP contribution < -0.4 is 10.5 Å². The van der Waals surface area contributed by atoms with Crippen LogP contribution in [0.2, 0.25) is 0 Å². The molecule has 1 heterocycles. The van der Waals surface area contributed by atoms with Crippen molar-refractivity contribution in [2.75, 3.05) is 39.5 Å². The van der Waals surface area contributed by atoms with Crippen molar-refractivity contribution in [3.8, 4) is 0 Å². The van der Waals surface area contributed by atoms with E-state index < -0.39 is 21.2 Å². The van der Waals surface area contributed by atoms with Crippen LogP contribution in [0.3, 0.4) is 0 Å². The third-order valence-electron chi connectivity index (χ3n) is 5.73. The minimum Gasteiger partial charge on any atom is -0.398 e. The van der Waals surface area contributed by atoms with Crippen LogP contribution in [-0.2, 0) is 14.8 Å². The summed E-state index contributed by atoms with van der Waals surface area (Å²) in [4.78, 5) is 17.5. The normalized spacial score (nSPS) is 16.9. The second-order valence-electron chi connectivity index (χ2n) is 7.64. The lowest BCUT2D eigenvalue weighted by Crippen LogP contribution is -2.44. The summed E-state index contributed by atoms with van der Waals surface area (Å²) >= 11 is 0. The Morgan fingerprint density at radius 3 is 2.30 bits per heavy atom. The molecule has 8 heteroatoms. The molecule has 0 aliphatic carbocycles. The predicted octanol–water partition coefficient (Wildman–Crippen LogP) is 2.15. The Balaban J connectivity index is 1.99. The maximum absolute atomic E-state index is 13.6. The van der Waals surface area contributed by atoms with E-state index in [9.17, 15) is 13.2 Å². The molecular formula is C22H30N4O3S. The molecule has 1 unspecified atom stereocenters. The van der Waals surface area contributed by atoms with Crippen molar-refractivity contribution in [2.45, 2.75) is 24.1 Å². The van der Waals surface area contributed by atoms with Gasteiger partial charge in [-0.2, -0.15) is 0 Å². The van der Waals surface area contributed by atoms with Gasteiger partial charge in [-0.15, -0.1) is 0 Å². The van der Waals surface area contributed by atoms with Gasteiger partial charge in [-0.25, -0.2) is 13.1 Å². The van der Waals surface area contributed by atoms with Crippen LogP contribution in [0, 0.1) is 0 Å². The molecule has 1 aliphatic rings. The van der Waals surface area contributed by atoms with Gasteiger partial charge in [0.15, 0.2) is 5.25 Å². The lowest BCUT2D eigenvalue weighted by Gasteiger charge is -2.34. The molecule has 0 aromatic heterocycles. The van der Waals surface area contributed by atoms with Gasteiger partial charge in [-0.3, -0.25) is 4.79 Å². The number of benzene rings is 2. The lowest BCUT2D eigenvalue weighted by molar-refractivity contribution is -0.132. The second-order valence-corrected chi connectivity index (χ2v) is 9.61. The van der Waals surface area contributed by atoms with Gasteiger partial charge in [-0.05, 0) is 44.6 Å². The molecule has 1 aliphatic heterocycles. The topological polar surface area (TPSA) is 95.7 Å². The van der Waals surface area contributed by atoms with Gasteiger partial charge < -0.3 is 15.5 Å². The van der Waals surface area contributed by atoms with Crippen LogP contribution in [0.25, 0.3) is 0 Å². The van der Waals surface area contributed by atoms with E-state index in [-0.39, 0.29) is 17.3 Å². The molecule has 0 radical (unpaired) electrons. The number of nitrogens with two attached hydrogens (primary N) is 1. The van der Waals surface area contributed by atoms with Crippen LogP contribution in [0.15, 0.2) is 54.6 Å². The molecule has 7 nitrogen and oxygen atoms in total. The fraction of sp³-hybridized carbons (Fsp3) is 0.409. The van der Waals surface area contributed by atoms with Crippen LogP contribution in [0.5, 0.6) is 0 Å². The fourth-order valence-electron chi connectivity index (χ4n) is 3.98. The first kappa shape index (κ1) is 22.3. The molecule has 1 fully saturated rings. The smallest absolute Gasteiger partial charge is 0.247 e. The highest BCUT2D eigenvalue weighted by atomic mass is 32.2. The van der Waals surface area contributed by atoms with Gasteiger partial charge in [0.05, 0.1) is 6.04 Å². The molecular weight excluding hydrogens is 400 g/mol. The number of nitrogen functional groups attached to an aromatic ring is 1. The van der Waals surface area contributed by atoms with Crippen molar-refractivity contribution in [1.29, 1.82) is 0 Å². The van der Waals surface area contributed by atoms with Crippen molar-refractivity contribution in [3.05, 3.63) is 65.7 Å². The number of nitrogens with zero attached hydrogens (tertiary/aromatic N) is 2. The van der Waals surface area contributed by atoms with Gasteiger partial charge in [0, 0.05) is 24.8 Å². The molecule has 3 rings (SSSR count). The SMILES string of the molecule is CNS(=O)(=O)C(C(=O)N(C)[C@H](CN1CCCC1)c1ccccc1)c1ccccc1N. The molecule has 0 bridgehead atoms. The molecule has 1 saturated heterocycles. The summed E-state index contributed by atoms with van der Waals surface area (Å²) in [6.45, 7) is 2.62. The van der Waals surface area contributed by atoms with E-state index in [4.69, 9.17) is 5.73 Å². The number of sulfonamides is 1. The Bertz CT molecular complexity index is 959. The molecule has 2 atom stereocenters. The largest absolute Gasteiger partial charge is 0.398 e. The lowest BCUT2D eigenvalue weighted by atomic mass is 10.0. The zero-order chi connectivity index (χ0) is 21.7. The molecule has 0 saturated carbocycles. The number of likely N-dealkylation sites (tertiary alicyclic amines) is 1. The first-order valence-corrected chi connectivity index (χ1v) is 11.7. The van der Waals surface area contributed by atoms with Crippen LogP contribution in [0.1, 0.15) is 35.3 Å². The molecule has 30 heavy (non-hydrogen) atoms. The second kappa shape index (κ2) is 9.59. The average molecular weight is 431 g/mol. The molecule has 3 N–H and O–H groups in total. The predicted molar refractivity (Wildman–Crippen MR) is 119 cm³/mol. The minimum atomic E-state index is -3.96. The Morgan fingerprint density at radius 2 is 1.70 bits per heavy atom. The Kier molecular flexibility index (Phi) is 7.12. The number of rotatable bonds is 8. The van der Waals surface area contributed by atoms with Crippen LogP contribution in [-0.4, -0.2) is 57.9 Å². The minimum absolute atomic E-state index is 0.267. The standard InChI is InChI=1S/C22H30N4O3S/c1-24-30(28,29)21(18-12-6-7-13-19(18)23)22(27)25(2)20(16-26-14-8-9-15-26)17-10-4-3-5-11-17/h3-7,10-13,20-21,24H,8-9,14-16,23H2,1-2H3/t20-,21?/m1/s1. The summed E-state index contributed by atoms with van der Waals surface area (Å²) < 4.78 is 28.1. The van der Waals surface area contributed by atoms with Crippen molar-refractivity contribution in [1.82, 2.24) is 14.5 Å². The Morgan fingerprint density at radius 1 is 1.10 bits per heavy atom. The van der Waals surface area contributed by atoms with Gasteiger partial charge >= 0.3 is 0 Å². The fourth-order valence-corrected chi connectivity index (χ4v) is 5.19. The third kappa shape index (κ3) is 4.83. The molecule has 2 aromatic carbocycles. The number of carbonyl (C=O) groups excluding carboxylic acids is 1. The van der Waals surface area contributed by atoms with E-state index in [1.807, 2.05) is 30.3 Å². The van der Waals surface area contributed by atoms with E-state index in [0.717, 1.165) is 31.5 Å².